The Morgan fingerprint density at radius 3 is 2.47 bits per heavy atom. The molecule has 0 amide bonds. The quantitative estimate of drug-likeness (QED) is 0.280. The SMILES string of the molecule is COc1ccc(C(=O)Cn2c(=O)oc3cc(S(=O)(=O)N4CCCCCC4)ccc32)cc1[N+](=O)[O-]. The summed E-state index contributed by atoms with van der Waals surface area (Å²) in [5.41, 5.74) is -0.0687. The van der Waals surface area contributed by atoms with Gasteiger partial charge in [-0.05, 0) is 37.1 Å². The number of aromatic nitrogens is 1. The van der Waals surface area contributed by atoms with Crippen molar-refractivity contribution in [3.63, 3.8) is 0 Å². The summed E-state index contributed by atoms with van der Waals surface area (Å²) < 4.78 is 38.8. The topological polar surface area (TPSA) is 142 Å². The molecule has 1 aliphatic heterocycles. The molecule has 0 N–H and O–H groups in total. The molecule has 0 radical (unpaired) electrons. The number of fused-ring (bicyclic) bond motifs is 1. The van der Waals surface area contributed by atoms with E-state index in [1.54, 1.807) is 0 Å². The Bertz CT molecular complexity index is 1420. The number of carbonyl (C=O) groups excluding carboxylic acids is 1. The Hall–Kier alpha value is -3.51. The number of rotatable bonds is 7. The second-order valence-electron chi connectivity index (χ2n) is 7.97. The van der Waals surface area contributed by atoms with Crippen LogP contribution in [0.1, 0.15) is 36.0 Å². The van der Waals surface area contributed by atoms with Crippen molar-refractivity contribution >= 4 is 32.6 Å². The van der Waals surface area contributed by atoms with E-state index in [-0.39, 0.29) is 33.0 Å². The third-order valence-electron chi connectivity index (χ3n) is 5.84. The van der Waals surface area contributed by atoms with Crippen LogP contribution >= 0.6 is 0 Å². The lowest BCUT2D eigenvalue weighted by atomic mass is 10.1. The van der Waals surface area contributed by atoms with Crippen LogP contribution in [0, 0.1) is 10.1 Å². The van der Waals surface area contributed by atoms with Gasteiger partial charge in [-0.15, -0.1) is 0 Å². The minimum absolute atomic E-state index is 0.00521. The molecule has 2 aromatic carbocycles. The van der Waals surface area contributed by atoms with E-state index >= 15 is 0 Å². The number of ether oxygens (including phenoxy) is 1. The number of hydrogen-bond donors (Lipinski definition) is 0. The molecular weight excluding hydrogens is 466 g/mol. The van der Waals surface area contributed by atoms with Crippen LogP contribution in [0.25, 0.3) is 11.1 Å². The summed E-state index contributed by atoms with van der Waals surface area (Å²) in [7, 11) is -2.47. The number of Topliss-reactive ketones (excluding diaryl/α,β-unsaturated/α-hetero) is 1. The van der Waals surface area contributed by atoms with Crippen LogP contribution in [0.4, 0.5) is 5.69 Å². The van der Waals surface area contributed by atoms with Gasteiger partial charge in [-0.1, -0.05) is 12.8 Å². The van der Waals surface area contributed by atoms with Gasteiger partial charge in [0.2, 0.25) is 10.0 Å². The molecule has 0 spiro atoms. The fourth-order valence-electron chi connectivity index (χ4n) is 4.03. The number of ketones is 1. The van der Waals surface area contributed by atoms with E-state index in [0.29, 0.717) is 13.1 Å². The fourth-order valence-corrected chi connectivity index (χ4v) is 5.56. The van der Waals surface area contributed by atoms with Crippen LogP contribution in [0.15, 0.2) is 50.5 Å². The van der Waals surface area contributed by atoms with Crippen molar-refractivity contribution < 1.29 is 27.3 Å². The molecule has 0 bridgehead atoms. The molecule has 0 unspecified atom stereocenters. The summed E-state index contributed by atoms with van der Waals surface area (Å²) in [6.07, 6.45) is 3.54. The Morgan fingerprint density at radius 1 is 1.12 bits per heavy atom. The van der Waals surface area contributed by atoms with Crippen LogP contribution in [0.2, 0.25) is 0 Å². The Labute approximate surface area is 194 Å². The number of oxazole rings is 1. The maximum Gasteiger partial charge on any atom is 0.420 e. The van der Waals surface area contributed by atoms with Crippen molar-refractivity contribution in [3.05, 3.63) is 62.6 Å². The summed E-state index contributed by atoms with van der Waals surface area (Å²) in [6, 6.07) is 7.86. The summed E-state index contributed by atoms with van der Waals surface area (Å²) in [4.78, 5) is 35.8. The smallest absolute Gasteiger partial charge is 0.420 e. The zero-order valence-electron chi connectivity index (χ0n) is 18.4. The molecule has 34 heavy (non-hydrogen) atoms. The van der Waals surface area contributed by atoms with Crippen molar-refractivity contribution in [2.24, 2.45) is 0 Å². The molecule has 1 aliphatic rings. The highest BCUT2D eigenvalue weighted by molar-refractivity contribution is 7.89. The number of nitro groups is 1. The van der Waals surface area contributed by atoms with Crippen molar-refractivity contribution in [2.75, 3.05) is 20.2 Å². The van der Waals surface area contributed by atoms with Gasteiger partial charge in [-0.25, -0.2) is 13.2 Å². The summed E-state index contributed by atoms with van der Waals surface area (Å²) in [6.45, 7) is 0.440. The van der Waals surface area contributed by atoms with Crippen molar-refractivity contribution in [2.45, 2.75) is 37.1 Å². The number of sulfonamides is 1. The molecule has 0 aliphatic carbocycles. The Morgan fingerprint density at radius 2 is 1.82 bits per heavy atom. The average molecular weight is 490 g/mol. The molecular formula is C22H23N3O8S. The van der Waals surface area contributed by atoms with Crippen LogP contribution in [-0.4, -0.2) is 48.2 Å². The first-order valence-electron chi connectivity index (χ1n) is 10.7. The monoisotopic (exact) mass is 489 g/mol. The van der Waals surface area contributed by atoms with Crippen LogP contribution in [0.5, 0.6) is 5.75 Å². The standard InChI is InChI=1S/C22H23N3O8S/c1-32-20-9-6-15(12-18(20)25(28)29)19(26)14-24-17-8-7-16(13-21(17)33-22(24)27)34(30,31)23-10-4-2-3-5-11-23/h6-9,12-13H,2-5,10-11,14H2,1H3. The summed E-state index contributed by atoms with van der Waals surface area (Å²) in [5.74, 6) is -1.39. The molecule has 1 saturated heterocycles. The number of hydrogen-bond acceptors (Lipinski definition) is 8. The zero-order valence-corrected chi connectivity index (χ0v) is 19.2. The second kappa shape index (κ2) is 9.39. The van der Waals surface area contributed by atoms with E-state index in [0.717, 1.165) is 36.3 Å². The van der Waals surface area contributed by atoms with Gasteiger partial charge in [0.15, 0.2) is 17.1 Å². The highest BCUT2D eigenvalue weighted by Crippen LogP contribution is 2.28. The average Bonchev–Trinajstić information content (AvgIpc) is 2.99. The summed E-state index contributed by atoms with van der Waals surface area (Å²) >= 11 is 0. The highest BCUT2D eigenvalue weighted by atomic mass is 32.2. The van der Waals surface area contributed by atoms with E-state index in [1.807, 2.05) is 0 Å². The predicted molar refractivity (Wildman–Crippen MR) is 122 cm³/mol. The molecule has 3 aromatic rings. The first-order chi connectivity index (χ1) is 16.2. The molecule has 12 heteroatoms. The normalized spacial score (nSPS) is 15.2. The second-order valence-corrected chi connectivity index (χ2v) is 9.91. The van der Waals surface area contributed by atoms with Crippen molar-refractivity contribution in [1.29, 1.82) is 0 Å². The van der Waals surface area contributed by atoms with Gasteiger partial charge in [-0.2, -0.15) is 4.31 Å². The van der Waals surface area contributed by atoms with Gasteiger partial charge in [0.25, 0.3) is 0 Å². The Balaban J connectivity index is 1.64. The maximum absolute atomic E-state index is 13.1. The van der Waals surface area contributed by atoms with Crippen LogP contribution < -0.4 is 10.5 Å². The van der Waals surface area contributed by atoms with E-state index in [9.17, 15) is 28.1 Å². The largest absolute Gasteiger partial charge is 0.490 e. The third kappa shape index (κ3) is 4.46. The molecule has 180 valence electrons. The van der Waals surface area contributed by atoms with Crippen molar-refractivity contribution in [3.8, 4) is 5.75 Å². The fraction of sp³-hybridized carbons (Fsp3) is 0.364. The van der Waals surface area contributed by atoms with Gasteiger partial charge >= 0.3 is 11.4 Å². The molecule has 2 heterocycles. The number of carbonyl (C=O) groups is 1. The lowest BCUT2D eigenvalue weighted by Gasteiger charge is -2.19. The predicted octanol–water partition coefficient (Wildman–Crippen LogP) is 2.96. The first kappa shape index (κ1) is 23.6. The minimum Gasteiger partial charge on any atom is -0.490 e. The van der Waals surface area contributed by atoms with Crippen molar-refractivity contribution in [1.82, 2.24) is 8.87 Å². The molecule has 11 nitrogen and oxygen atoms in total. The molecule has 0 saturated carbocycles. The number of nitro benzene ring substituents is 1. The van der Waals surface area contributed by atoms with Gasteiger partial charge in [0.05, 0.1) is 29.0 Å². The lowest BCUT2D eigenvalue weighted by molar-refractivity contribution is -0.385. The molecule has 1 fully saturated rings. The zero-order chi connectivity index (χ0) is 24.5. The minimum atomic E-state index is -3.75. The number of nitrogens with zero attached hydrogens (tertiary/aromatic N) is 3. The third-order valence-corrected chi connectivity index (χ3v) is 7.74. The van der Waals surface area contributed by atoms with E-state index in [4.69, 9.17) is 9.15 Å². The van der Waals surface area contributed by atoms with E-state index in [1.165, 1.54) is 41.7 Å². The van der Waals surface area contributed by atoms with Gasteiger partial charge in [0, 0.05) is 30.8 Å². The molecule has 1 aromatic heterocycles. The van der Waals surface area contributed by atoms with Gasteiger partial charge in [0.1, 0.15) is 0 Å². The molecule has 4 rings (SSSR count). The van der Waals surface area contributed by atoms with Gasteiger partial charge < -0.3 is 9.15 Å². The lowest BCUT2D eigenvalue weighted by Crippen LogP contribution is -2.31. The Kier molecular flexibility index (Phi) is 6.53. The maximum atomic E-state index is 13.1. The first-order valence-corrected chi connectivity index (χ1v) is 12.2. The van der Waals surface area contributed by atoms with E-state index < -0.39 is 33.0 Å². The van der Waals surface area contributed by atoms with Crippen LogP contribution in [0.3, 0.4) is 0 Å². The number of benzene rings is 2. The number of methoxy groups -OCH3 is 1. The summed E-state index contributed by atoms with van der Waals surface area (Å²) in [5, 5.41) is 11.2. The van der Waals surface area contributed by atoms with E-state index in [2.05, 4.69) is 0 Å². The van der Waals surface area contributed by atoms with Crippen LogP contribution in [-0.2, 0) is 16.6 Å². The van der Waals surface area contributed by atoms with Gasteiger partial charge in [-0.3, -0.25) is 19.5 Å². The highest BCUT2D eigenvalue weighted by Gasteiger charge is 2.27. The molecule has 0 atom stereocenters.